The van der Waals surface area contributed by atoms with E-state index in [1.54, 1.807) is 4.68 Å². The Labute approximate surface area is 131 Å². The third kappa shape index (κ3) is 3.33. The Morgan fingerprint density at radius 3 is 2.68 bits per heavy atom. The molecule has 0 saturated heterocycles. The lowest BCUT2D eigenvalue weighted by molar-refractivity contribution is 0.753. The first-order valence-electron chi connectivity index (χ1n) is 6.02. The first kappa shape index (κ1) is 14.9. The Kier molecular flexibility index (Phi) is 4.93. The number of halogens is 3. The summed E-state index contributed by atoms with van der Waals surface area (Å²) in [5.41, 5.74) is 3.26. The molecule has 0 aliphatic heterocycles. The lowest BCUT2D eigenvalue weighted by Crippen LogP contribution is -2.05. The molecule has 0 amide bonds. The maximum atomic E-state index is 6.28. The van der Waals surface area contributed by atoms with Crippen molar-refractivity contribution in [3.8, 4) is 0 Å². The topological polar surface area (TPSA) is 17.8 Å². The van der Waals surface area contributed by atoms with Gasteiger partial charge in [-0.2, -0.15) is 5.10 Å². The van der Waals surface area contributed by atoms with Crippen molar-refractivity contribution in [3.05, 3.63) is 50.7 Å². The van der Waals surface area contributed by atoms with Crippen molar-refractivity contribution in [2.24, 2.45) is 7.05 Å². The van der Waals surface area contributed by atoms with Crippen molar-refractivity contribution < 1.29 is 0 Å². The van der Waals surface area contributed by atoms with Gasteiger partial charge in [0.1, 0.15) is 5.15 Å². The second kappa shape index (κ2) is 6.29. The molecule has 0 N–H and O–H groups in total. The summed E-state index contributed by atoms with van der Waals surface area (Å²) in [4.78, 5) is 0. The molecule has 0 aliphatic rings. The van der Waals surface area contributed by atoms with E-state index in [0.29, 0.717) is 11.0 Å². The Balaban J connectivity index is 2.29. The summed E-state index contributed by atoms with van der Waals surface area (Å²) in [6, 6.07) is 8.23. The molecule has 1 atom stereocenters. The molecule has 1 heterocycles. The minimum Gasteiger partial charge on any atom is -0.257 e. The molecule has 0 spiro atoms. The normalized spacial score (nSPS) is 12.7. The zero-order chi connectivity index (χ0) is 14.0. The number of nitrogens with zero attached hydrogens (tertiary/aromatic N) is 2. The van der Waals surface area contributed by atoms with Crippen LogP contribution in [0.15, 0.2) is 28.7 Å². The van der Waals surface area contributed by atoms with E-state index in [-0.39, 0.29) is 5.92 Å². The molecule has 2 rings (SSSR count). The van der Waals surface area contributed by atoms with Crippen LogP contribution >= 0.6 is 39.1 Å². The van der Waals surface area contributed by atoms with Gasteiger partial charge in [-0.15, -0.1) is 11.6 Å². The van der Waals surface area contributed by atoms with Crippen molar-refractivity contribution in [1.29, 1.82) is 0 Å². The molecule has 2 nitrogen and oxygen atoms in total. The van der Waals surface area contributed by atoms with Crippen LogP contribution in [0.3, 0.4) is 0 Å². The molecule has 1 aromatic carbocycles. The molecule has 0 radical (unpaired) electrons. The summed E-state index contributed by atoms with van der Waals surface area (Å²) in [6.45, 7) is 1.98. The van der Waals surface area contributed by atoms with Gasteiger partial charge in [0.25, 0.3) is 0 Å². The van der Waals surface area contributed by atoms with Crippen LogP contribution in [0.4, 0.5) is 0 Å². The summed E-state index contributed by atoms with van der Waals surface area (Å²) in [7, 11) is 1.85. The Morgan fingerprint density at radius 1 is 1.42 bits per heavy atom. The second-order valence-electron chi connectivity index (χ2n) is 4.59. The highest BCUT2D eigenvalue weighted by Gasteiger charge is 2.18. The number of aryl methyl sites for hydroxylation is 2. The standard InChI is InChI=1S/C14H15BrCl2N2/c1-9-13(14(17)19(2)18-9)7-11(8-16)10-4-3-5-12(15)6-10/h3-6,11H,7-8H2,1-2H3. The fraction of sp³-hybridized carbons (Fsp3) is 0.357. The van der Waals surface area contributed by atoms with Crippen LogP contribution < -0.4 is 0 Å². The van der Waals surface area contributed by atoms with Gasteiger partial charge in [-0.1, -0.05) is 39.7 Å². The molecule has 1 unspecified atom stereocenters. The van der Waals surface area contributed by atoms with E-state index in [2.05, 4.69) is 33.2 Å². The predicted molar refractivity (Wildman–Crippen MR) is 84.3 cm³/mol. The molecule has 5 heteroatoms. The predicted octanol–water partition coefficient (Wildman–Crippen LogP) is 4.71. The molecule has 0 aliphatic carbocycles. The van der Waals surface area contributed by atoms with E-state index in [1.165, 1.54) is 5.56 Å². The van der Waals surface area contributed by atoms with Crippen molar-refractivity contribution in [1.82, 2.24) is 9.78 Å². The quantitative estimate of drug-likeness (QED) is 0.721. The third-order valence-corrected chi connectivity index (χ3v) is 4.57. The van der Waals surface area contributed by atoms with Gasteiger partial charge < -0.3 is 0 Å². The lowest BCUT2D eigenvalue weighted by atomic mass is 9.94. The number of rotatable bonds is 4. The summed E-state index contributed by atoms with van der Waals surface area (Å²) in [5.74, 6) is 0.792. The minimum atomic E-state index is 0.236. The van der Waals surface area contributed by atoms with Gasteiger partial charge in [0.15, 0.2) is 0 Å². The lowest BCUT2D eigenvalue weighted by Gasteiger charge is -2.14. The molecular weight excluding hydrogens is 347 g/mol. The van der Waals surface area contributed by atoms with Crippen LogP contribution in [0.5, 0.6) is 0 Å². The largest absolute Gasteiger partial charge is 0.257 e. The molecule has 19 heavy (non-hydrogen) atoms. The van der Waals surface area contributed by atoms with E-state index in [4.69, 9.17) is 23.2 Å². The van der Waals surface area contributed by atoms with Crippen molar-refractivity contribution in [2.45, 2.75) is 19.3 Å². The van der Waals surface area contributed by atoms with Crippen LogP contribution in [0.25, 0.3) is 0 Å². The minimum absolute atomic E-state index is 0.236. The number of hydrogen-bond acceptors (Lipinski definition) is 1. The van der Waals surface area contributed by atoms with Crippen molar-refractivity contribution >= 4 is 39.1 Å². The molecule has 0 fully saturated rings. The van der Waals surface area contributed by atoms with E-state index in [0.717, 1.165) is 22.2 Å². The van der Waals surface area contributed by atoms with Crippen LogP contribution in [0.1, 0.15) is 22.7 Å². The molecule has 1 aromatic heterocycles. The molecule has 0 bridgehead atoms. The monoisotopic (exact) mass is 360 g/mol. The third-order valence-electron chi connectivity index (χ3n) is 3.23. The molecular formula is C14H15BrCl2N2. The Bertz CT molecular complexity index is 581. The molecule has 2 aromatic rings. The SMILES string of the molecule is Cc1nn(C)c(Cl)c1CC(CCl)c1cccc(Br)c1. The highest BCUT2D eigenvalue weighted by Crippen LogP contribution is 2.29. The maximum Gasteiger partial charge on any atom is 0.130 e. The highest BCUT2D eigenvalue weighted by atomic mass is 79.9. The fourth-order valence-corrected chi connectivity index (χ4v) is 3.13. The van der Waals surface area contributed by atoms with E-state index >= 15 is 0 Å². The molecule has 102 valence electrons. The van der Waals surface area contributed by atoms with E-state index in [1.807, 2.05) is 26.1 Å². The Hall–Kier alpha value is -0.510. The average molecular weight is 362 g/mol. The van der Waals surface area contributed by atoms with Gasteiger partial charge >= 0.3 is 0 Å². The van der Waals surface area contributed by atoms with Crippen LogP contribution in [0.2, 0.25) is 5.15 Å². The van der Waals surface area contributed by atoms with Gasteiger partial charge in [0, 0.05) is 28.9 Å². The number of alkyl halides is 1. The van der Waals surface area contributed by atoms with Crippen molar-refractivity contribution in [3.63, 3.8) is 0 Å². The van der Waals surface area contributed by atoms with Crippen LogP contribution in [-0.4, -0.2) is 15.7 Å². The zero-order valence-corrected chi connectivity index (χ0v) is 13.9. The summed E-state index contributed by atoms with van der Waals surface area (Å²) < 4.78 is 2.77. The first-order chi connectivity index (χ1) is 9.02. The van der Waals surface area contributed by atoms with E-state index in [9.17, 15) is 0 Å². The van der Waals surface area contributed by atoms with E-state index < -0.39 is 0 Å². The fourth-order valence-electron chi connectivity index (χ4n) is 2.17. The number of aromatic nitrogens is 2. The van der Waals surface area contributed by atoms with Crippen LogP contribution in [-0.2, 0) is 13.5 Å². The highest BCUT2D eigenvalue weighted by molar-refractivity contribution is 9.10. The van der Waals surface area contributed by atoms with Gasteiger partial charge in [-0.05, 0) is 31.0 Å². The summed E-state index contributed by atoms with van der Waals surface area (Å²) in [5, 5.41) is 5.04. The van der Waals surface area contributed by atoms with Gasteiger partial charge in [0.05, 0.1) is 5.69 Å². The number of benzene rings is 1. The van der Waals surface area contributed by atoms with Gasteiger partial charge in [0.2, 0.25) is 0 Å². The second-order valence-corrected chi connectivity index (χ2v) is 6.17. The first-order valence-corrected chi connectivity index (χ1v) is 7.73. The van der Waals surface area contributed by atoms with Crippen LogP contribution in [0, 0.1) is 6.92 Å². The average Bonchev–Trinajstić information content (AvgIpc) is 2.61. The maximum absolute atomic E-state index is 6.28. The smallest absolute Gasteiger partial charge is 0.130 e. The van der Waals surface area contributed by atoms with Gasteiger partial charge in [-0.3, -0.25) is 4.68 Å². The summed E-state index contributed by atoms with van der Waals surface area (Å²) >= 11 is 15.9. The number of hydrogen-bond donors (Lipinski definition) is 0. The Morgan fingerprint density at radius 2 is 2.16 bits per heavy atom. The van der Waals surface area contributed by atoms with Gasteiger partial charge in [-0.25, -0.2) is 0 Å². The molecule has 0 saturated carbocycles. The summed E-state index contributed by atoms with van der Waals surface area (Å²) in [6.07, 6.45) is 0.804. The van der Waals surface area contributed by atoms with Crippen molar-refractivity contribution in [2.75, 3.05) is 5.88 Å². The zero-order valence-electron chi connectivity index (χ0n) is 10.8.